The number of benzene rings is 13. The van der Waals surface area contributed by atoms with Gasteiger partial charge in [-0.15, -0.1) is 0 Å². The zero-order chi connectivity index (χ0) is 39.1. The zero-order valence-electron chi connectivity index (χ0n) is 32.6. The summed E-state index contributed by atoms with van der Waals surface area (Å²) in [4.78, 5) is 0. The van der Waals surface area contributed by atoms with Crippen molar-refractivity contribution < 1.29 is 0 Å². The van der Waals surface area contributed by atoms with Crippen LogP contribution < -0.4 is 0 Å². The Morgan fingerprint density at radius 2 is 0.550 bits per heavy atom. The number of hydrogen-bond acceptors (Lipinski definition) is 0. The van der Waals surface area contributed by atoms with Gasteiger partial charge in [-0.3, -0.25) is 0 Å². The molecule has 274 valence electrons. The van der Waals surface area contributed by atoms with Crippen molar-refractivity contribution in [3.63, 3.8) is 0 Å². The molecule has 0 aliphatic rings. The summed E-state index contributed by atoms with van der Waals surface area (Å²) in [5.41, 5.74) is 5.07. The molecule has 0 saturated heterocycles. The SMILES string of the molecule is c1ccc2c(c1)ccc1cc(-c3c4ccccc4c(-c4cc5ccc6cccc7c8cccc9ccc%10cccc(c(c4)c5c67)c%10c98)c4ccccc34)c3ccccc3c12. The summed E-state index contributed by atoms with van der Waals surface area (Å²) in [7, 11) is 0. The maximum atomic E-state index is 2.52. The van der Waals surface area contributed by atoms with Crippen molar-refractivity contribution in [1.29, 1.82) is 0 Å². The van der Waals surface area contributed by atoms with Gasteiger partial charge in [-0.05, 0) is 159 Å². The van der Waals surface area contributed by atoms with Gasteiger partial charge in [0.05, 0.1) is 0 Å². The molecule has 0 aromatic heterocycles. The molecule has 14 rings (SSSR count). The molecule has 14 aromatic carbocycles. The summed E-state index contributed by atoms with van der Waals surface area (Å²) < 4.78 is 0. The Morgan fingerprint density at radius 1 is 0.183 bits per heavy atom. The van der Waals surface area contributed by atoms with E-state index < -0.39 is 0 Å². The summed E-state index contributed by atoms with van der Waals surface area (Å²) in [5.74, 6) is 0. The number of rotatable bonds is 2. The molecule has 0 saturated carbocycles. The van der Waals surface area contributed by atoms with E-state index in [-0.39, 0.29) is 0 Å². The highest BCUT2D eigenvalue weighted by molar-refractivity contribution is 6.38. The lowest BCUT2D eigenvalue weighted by Gasteiger charge is -2.21. The molecule has 60 heavy (non-hydrogen) atoms. The molecule has 0 N–H and O–H groups in total. The maximum absolute atomic E-state index is 2.52. The fourth-order valence-corrected chi connectivity index (χ4v) is 11.2. The Balaban J connectivity index is 1.15. The van der Waals surface area contributed by atoms with Gasteiger partial charge < -0.3 is 0 Å². The van der Waals surface area contributed by atoms with E-state index in [0.29, 0.717) is 0 Å². The largest absolute Gasteiger partial charge is 0.0616 e. The van der Waals surface area contributed by atoms with Crippen molar-refractivity contribution in [3.05, 3.63) is 206 Å². The average molecular weight is 755 g/mol. The molecule has 0 aliphatic heterocycles. The van der Waals surface area contributed by atoms with Crippen LogP contribution in [-0.2, 0) is 0 Å². The van der Waals surface area contributed by atoms with Crippen LogP contribution in [0.4, 0.5) is 0 Å². The van der Waals surface area contributed by atoms with E-state index in [1.807, 2.05) is 0 Å². The van der Waals surface area contributed by atoms with Crippen LogP contribution in [-0.4, -0.2) is 0 Å². The Labute approximate surface area is 345 Å². The average Bonchev–Trinajstić information content (AvgIpc) is 3.31. The molecule has 0 heterocycles. The summed E-state index contributed by atoms with van der Waals surface area (Å²) >= 11 is 0. The first-order valence-corrected chi connectivity index (χ1v) is 21.0. The molecular formula is C60H34. The quantitative estimate of drug-likeness (QED) is 0.122. The molecular weight excluding hydrogens is 721 g/mol. The lowest BCUT2D eigenvalue weighted by atomic mass is 9.82. The Hall–Kier alpha value is -7.80. The van der Waals surface area contributed by atoms with Gasteiger partial charge in [0.2, 0.25) is 0 Å². The van der Waals surface area contributed by atoms with E-state index >= 15 is 0 Å². The van der Waals surface area contributed by atoms with Crippen molar-refractivity contribution in [3.8, 4) is 22.3 Å². The van der Waals surface area contributed by atoms with Crippen molar-refractivity contribution >= 4 is 118 Å². The van der Waals surface area contributed by atoms with Gasteiger partial charge in [0.25, 0.3) is 0 Å². The van der Waals surface area contributed by atoms with E-state index in [1.54, 1.807) is 0 Å². The second-order valence-corrected chi connectivity index (χ2v) is 16.7. The molecule has 0 nitrogen and oxygen atoms in total. The van der Waals surface area contributed by atoms with Crippen molar-refractivity contribution in [1.82, 2.24) is 0 Å². The molecule has 0 aliphatic carbocycles. The van der Waals surface area contributed by atoms with Crippen LogP contribution in [0.25, 0.3) is 141 Å². The van der Waals surface area contributed by atoms with Crippen LogP contribution in [0.3, 0.4) is 0 Å². The Kier molecular flexibility index (Phi) is 6.38. The topological polar surface area (TPSA) is 0 Å². The smallest absolute Gasteiger partial charge is 0.00199 e. The van der Waals surface area contributed by atoms with Gasteiger partial charge >= 0.3 is 0 Å². The summed E-state index contributed by atoms with van der Waals surface area (Å²) in [6.45, 7) is 0. The number of hydrogen-bond donors (Lipinski definition) is 0. The molecule has 0 radical (unpaired) electrons. The van der Waals surface area contributed by atoms with Gasteiger partial charge in [0.15, 0.2) is 0 Å². The van der Waals surface area contributed by atoms with E-state index in [0.717, 1.165) is 0 Å². The van der Waals surface area contributed by atoms with Crippen LogP contribution >= 0.6 is 0 Å². The molecule has 0 fully saturated rings. The predicted molar refractivity (Wildman–Crippen MR) is 261 cm³/mol. The molecule has 0 amide bonds. The zero-order valence-corrected chi connectivity index (χ0v) is 32.6. The van der Waals surface area contributed by atoms with E-state index in [2.05, 4.69) is 206 Å². The molecule has 0 heteroatoms. The minimum atomic E-state index is 1.24. The summed E-state index contributed by atoms with van der Waals surface area (Å²) in [6.07, 6.45) is 0. The van der Waals surface area contributed by atoms with Gasteiger partial charge in [-0.25, -0.2) is 0 Å². The molecule has 14 aromatic rings. The van der Waals surface area contributed by atoms with Gasteiger partial charge in [0, 0.05) is 0 Å². The van der Waals surface area contributed by atoms with E-state index in [4.69, 9.17) is 0 Å². The van der Waals surface area contributed by atoms with E-state index in [1.165, 1.54) is 141 Å². The van der Waals surface area contributed by atoms with Crippen LogP contribution in [0, 0.1) is 0 Å². The number of fused-ring (bicyclic) bond motifs is 9. The van der Waals surface area contributed by atoms with Crippen LogP contribution in [0.2, 0.25) is 0 Å². The third-order valence-corrected chi connectivity index (χ3v) is 13.7. The Bertz CT molecular complexity index is 4110. The minimum absolute atomic E-state index is 1.24. The highest BCUT2D eigenvalue weighted by Crippen LogP contribution is 2.50. The first-order chi connectivity index (χ1) is 29.8. The summed E-state index contributed by atoms with van der Waals surface area (Å²) in [6, 6.07) is 77.9. The predicted octanol–water partition coefficient (Wildman–Crippen LogP) is 17.1. The Morgan fingerprint density at radius 3 is 1.13 bits per heavy atom. The first-order valence-electron chi connectivity index (χ1n) is 21.0. The minimum Gasteiger partial charge on any atom is -0.0616 e. The third kappa shape index (κ3) is 4.24. The van der Waals surface area contributed by atoms with Crippen molar-refractivity contribution in [2.45, 2.75) is 0 Å². The molecule has 0 unspecified atom stereocenters. The monoisotopic (exact) mass is 754 g/mol. The lowest BCUT2D eigenvalue weighted by molar-refractivity contribution is 1.70. The van der Waals surface area contributed by atoms with Gasteiger partial charge in [-0.2, -0.15) is 0 Å². The highest BCUT2D eigenvalue weighted by Gasteiger charge is 2.22. The fraction of sp³-hybridized carbons (Fsp3) is 0. The van der Waals surface area contributed by atoms with Crippen LogP contribution in [0.15, 0.2) is 206 Å². The van der Waals surface area contributed by atoms with E-state index in [9.17, 15) is 0 Å². The highest BCUT2D eigenvalue weighted by atomic mass is 14.2. The second-order valence-electron chi connectivity index (χ2n) is 16.7. The molecule has 0 spiro atoms. The normalized spacial score (nSPS) is 12.3. The fourth-order valence-electron chi connectivity index (χ4n) is 11.2. The second kappa shape index (κ2) is 11.9. The van der Waals surface area contributed by atoms with Crippen molar-refractivity contribution in [2.75, 3.05) is 0 Å². The van der Waals surface area contributed by atoms with Crippen LogP contribution in [0.1, 0.15) is 0 Å². The third-order valence-electron chi connectivity index (χ3n) is 13.7. The van der Waals surface area contributed by atoms with Crippen LogP contribution in [0.5, 0.6) is 0 Å². The summed E-state index contributed by atoms with van der Waals surface area (Å²) in [5, 5.41) is 28.4. The van der Waals surface area contributed by atoms with Crippen molar-refractivity contribution in [2.24, 2.45) is 0 Å². The first kappa shape index (κ1) is 32.2. The molecule has 0 bridgehead atoms. The standard InChI is InChI=1S/C60H34/c1-2-16-42-35(12-1)26-30-40-33-52(43-17-3-4-18-44(43)54(40)42)60-49-21-7-5-19-45(49)55(46-20-6-8-22-50(46)60)41-32-39-31-29-38-14-10-24-48-47-23-9-13-36-27-28-37-15-11-25-51(58(37)56(36)47)53(34-41)59(39)57(38)48/h1-34H. The maximum Gasteiger partial charge on any atom is -0.00199 e. The lowest BCUT2D eigenvalue weighted by Crippen LogP contribution is -1.93. The molecule has 0 atom stereocenters. The van der Waals surface area contributed by atoms with Gasteiger partial charge in [0.1, 0.15) is 0 Å². The van der Waals surface area contributed by atoms with Gasteiger partial charge in [-0.1, -0.05) is 188 Å².